The number of primary amides is 1. The summed E-state index contributed by atoms with van der Waals surface area (Å²) in [6.07, 6.45) is 4.63. The van der Waals surface area contributed by atoms with Crippen LogP contribution in [0, 0.1) is 0 Å². The Hall–Kier alpha value is -2.11. The minimum Gasteiger partial charge on any atom is -0.365 e. The Balaban J connectivity index is 2.52. The SMILES string of the molecule is NC(=O)c1cn[nH]c1-c1cn[nH]c1. The van der Waals surface area contributed by atoms with E-state index in [0.29, 0.717) is 11.3 Å². The van der Waals surface area contributed by atoms with E-state index in [4.69, 9.17) is 5.73 Å². The summed E-state index contributed by atoms with van der Waals surface area (Å²) in [5, 5.41) is 12.8. The predicted octanol–water partition coefficient (Wildman–Crippen LogP) is -0.101. The average Bonchev–Trinajstić information content (AvgIpc) is 2.74. The van der Waals surface area contributed by atoms with Gasteiger partial charge in [0.05, 0.1) is 23.7 Å². The number of aromatic amines is 2. The Morgan fingerprint density at radius 1 is 1.38 bits per heavy atom. The molecule has 0 aliphatic carbocycles. The van der Waals surface area contributed by atoms with E-state index in [9.17, 15) is 4.79 Å². The van der Waals surface area contributed by atoms with E-state index < -0.39 is 5.91 Å². The molecule has 0 fully saturated rings. The maximum Gasteiger partial charge on any atom is 0.252 e. The van der Waals surface area contributed by atoms with Gasteiger partial charge in [0.1, 0.15) is 0 Å². The second kappa shape index (κ2) is 2.74. The fourth-order valence-corrected chi connectivity index (χ4v) is 1.08. The van der Waals surface area contributed by atoms with Crippen molar-refractivity contribution in [3.8, 4) is 11.3 Å². The third-order valence-corrected chi connectivity index (χ3v) is 1.69. The zero-order chi connectivity index (χ0) is 9.26. The van der Waals surface area contributed by atoms with Crippen molar-refractivity contribution >= 4 is 5.91 Å². The Labute approximate surface area is 73.1 Å². The Kier molecular flexibility index (Phi) is 1.59. The van der Waals surface area contributed by atoms with Crippen LogP contribution >= 0.6 is 0 Å². The molecule has 4 N–H and O–H groups in total. The highest BCUT2D eigenvalue weighted by Crippen LogP contribution is 2.18. The van der Waals surface area contributed by atoms with Crippen molar-refractivity contribution in [1.82, 2.24) is 20.4 Å². The van der Waals surface area contributed by atoms with Crippen molar-refractivity contribution in [3.05, 3.63) is 24.2 Å². The first-order valence-corrected chi connectivity index (χ1v) is 3.61. The molecule has 1 amide bonds. The van der Waals surface area contributed by atoms with Crippen LogP contribution in [-0.2, 0) is 0 Å². The van der Waals surface area contributed by atoms with E-state index in [0.717, 1.165) is 5.56 Å². The molecule has 13 heavy (non-hydrogen) atoms. The maximum atomic E-state index is 10.9. The summed E-state index contributed by atoms with van der Waals surface area (Å²) in [5.41, 5.74) is 6.84. The smallest absolute Gasteiger partial charge is 0.252 e. The Morgan fingerprint density at radius 3 is 2.85 bits per heavy atom. The van der Waals surface area contributed by atoms with E-state index in [2.05, 4.69) is 20.4 Å². The molecular formula is C7H7N5O. The molecule has 0 aliphatic heterocycles. The number of nitrogens with two attached hydrogens (primary N) is 1. The van der Waals surface area contributed by atoms with Crippen molar-refractivity contribution in [2.75, 3.05) is 0 Å². The maximum absolute atomic E-state index is 10.9. The lowest BCUT2D eigenvalue weighted by molar-refractivity contribution is 0.100. The van der Waals surface area contributed by atoms with Crippen LogP contribution in [0.1, 0.15) is 10.4 Å². The zero-order valence-electron chi connectivity index (χ0n) is 6.61. The standard InChI is InChI=1S/C7H7N5O/c8-7(13)5-3-11-12-6(5)4-1-9-10-2-4/h1-3H,(H2,8,13)(H,9,10)(H,11,12). The number of hydrogen-bond acceptors (Lipinski definition) is 3. The lowest BCUT2D eigenvalue weighted by Gasteiger charge is -1.93. The number of hydrogen-bond donors (Lipinski definition) is 3. The molecule has 0 saturated heterocycles. The number of carbonyl (C=O) groups excluding carboxylic acids is 1. The van der Waals surface area contributed by atoms with Gasteiger partial charge < -0.3 is 5.73 Å². The Morgan fingerprint density at radius 2 is 2.23 bits per heavy atom. The van der Waals surface area contributed by atoms with E-state index in [1.54, 1.807) is 12.4 Å². The van der Waals surface area contributed by atoms with Gasteiger partial charge in [-0.2, -0.15) is 10.2 Å². The molecular weight excluding hydrogens is 170 g/mol. The summed E-state index contributed by atoms with van der Waals surface area (Å²) in [6.45, 7) is 0. The number of aromatic nitrogens is 4. The lowest BCUT2D eigenvalue weighted by atomic mass is 10.1. The molecule has 2 heterocycles. The second-order valence-corrected chi connectivity index (χ2v) is 2.51. The van der Waals surface area contributed by atoms with Crippen LogP contribution in [0.5, 0.6) is 0 Å². The molecule has 0 saturated carbocycles. The summed E-state index contributed by atoms with van der Waals surface area (Å²) in [5.74, 6) is -0.509. The summed E-state index contributed by atoms with van der Waals surface area (Å²) < 4.78 is 0. The molecule has 66 valence electrons. The molecule has 0 bridgehead atoms. The molecule has 2 rings (SSSR count). The summed E-state index contributed by atoms with van der Waals surface area (Å²) in [4.78, 5) is 10.9. The fraction of sp³-hybridized carbons (Fsp3) is 0. The van der Waals surface area contributed by atoms with Gasteiger partial charge in [0.15, 0.2) is 0 Å². The van der Waals surface area contributed by atoms with Gasteiger partial charge in [-0.15, -0.1) is 0 Å². The first kappa shape index (κ1) is 7.53. The van der Waals surface area contributed by atoms with Crippen molar-refractivity contribution in [3.63, 3.8) is 0 Å². The molecule has 2 aromatic heterocycles. The van der Waals surface area contributed by atoms with Gasteiger partial charge in [0.2, 0.25) is 0 Å². The van der Waals surface area contributed by atoms with E-state index in [1.165, 1.54) is 6.20 Å². The molecule has 2 aromatic rings. The van der Waals surface area contributed by atoms with E-state index >= 15 is 0 Å². The molecule has 0 unspecified atom stereocenters. The highest BCUT2D eigenvalue weighted by molar-refractivity contribution is 5.98. The molecule has 6 nitrogen and oxygen atoms in total. The first-order chi connectivity index (χ1) is 6.29. The van der Waals surface area contributed by atoms with Gasteiger partial charge in [-0.3, -0.25) is 15.0 Å². The molecule has 0 aromatic carbocycles. The van der Waals surface area contributed by atoms with Crippen molar-refractivity contribution in [1.29, 1.82) is 0 Å². The molecule has 0 atom stereocenters. The quantitative estimate of drug-likeness (QED) is 0.597. The van der Waals surface area contributed by atoms with Gasteiger partial charge in [0.25, 0.3) is 5.91 Å². The summed E-state index contributed by atoms with van der Waals surface area (Å²) in [7, 11) is 0. The first-order valence-electron chi connectivity index (χ1n) is 3.61. The van der Waals surface area contributed by atoms with Crippen LogP contribution in [0.25, 0.3) is 11.3 Å². The number of nitrogens with zero attached hydrogens (tertiary/aromatic N) is 2. The minimum atomic E-state index is -0.509. The normalized spacial score (nSPS) is 10.2. The third kappa shape index (κ3) is 1.18. The van der Waals surface area contributed by atoms with E-state index in [-0.39, 0.29) is 0 Å². The number of amides is 1. The van der Waals surface area contributed by atoms with Crippen molar-refractivity contribution < 1.29 is 4.79 Å². The molecule has 6 heteroatoms. The van der Waals surface area contributed by atoms with Crippen LogP contribution < -0.4 is 5.73 Å². The third-order valence-electron chi connectivity index (χ3n) is 1.69. The van der Waals surface area contributed by atoms with Crippen molar-refractivity contribution in [2.24, 2.45) is 5.73 Å². The van der Waals surface area contributed by atoms with Crippen LogP contribution in [0.15, 0.2) is 18.6 Å². The van der Waals surface area contributed by atoms with Crippen LogP contribution in [-0.4, -0.2) is 26.3 Å². The highest BCUT2D eigenvalue weighted by Gasteiger charge is 2.12. The molecule has 0 radical (unpaired) electrons. The number of rotatable bonds is 2. The largest absolute Gasteiger partial charge is 0.365 e. The topological polar surface area (TPSA) is 100 Å². The number of nitrogens with one attached hydrogen (secondary N) is 2. The summed E-state index contributed by atoms with van der Waals surface area (Å²) >= 11 is 0. The zero-order valence-corrected chi connectivity index (χ0v) is 6.61. The van der Waals surface area contributed by atoms with E-state index in [1.807, 2.05) is 0 Å². The van der Waals surface area contributed by atoms with Gasteiger partial charge >= 0.3 is 0 Å². The Bertz CT molecular complexity index is 416. The average molecular weight is 177 g/mol. The van der Waals surface area contributed by atoms with Gasteiger partial charge in [-0.1, -0.05) is 0 Å². The lowest BCUT2D eigenvalue weighted by Crippen LogP contribution is -2.10. The fourth-order valence-electron chi connectivity index (χ4n) is 1.08. The van der Waals surface area contributed by atoms with Gasteiger partial charge in [0, 0.05) is 11.8 Å². The van der Waals surface area contributed by atoms with Gasteiger partial charge in [-0.25, -0.2) is 0 Å². The minimum absolute atomic E-state index is 0.362. The van der Waals surface area contributed by atoms with Crippen LogP contribution in [0.4, 0.5) is 0 Å². The predicted molar refractivity (Wildman–Crippen MR) is 44.7 cm³/mol. The monoisotopic (exact) mass is 177 g/mol. The molecule has 0 spiro atoms. The number of carbonyl (C=O) groups is 1. The summed E-state index contributed by atoms with van der Waals surface area (Å²) in [6, 6.07) is 0. The van der Waals surface area contributed by atoms with Crippen LogP contribution in [0.3, 0.4) is 0 Å². The van der Waals surface area contributed by atoms with Crippen molar-refractivity contribution in [2.45, 2.75) is 0 Å². The highest BCUT2D eigenvalue weighted by atomic mass is 16.1. The van der Waals surface area contributed by atoms with Gasteiger partial charge in [-0.05, 0) is 0 Å². The number of H-pyrrole nitrogens is 2. The second-order valence-electron chi connectivity index (χ2n) is 2.51. The molecule has 0 aliphatic rings. The van der Waals surface area contributed by atoms with Crippen LogP contribution in [0.2, 0.25) is 0 Å².